The summed E-state index contributed by atoms with van der Waals surface area (Å²) >= 11 is 0. The van der Waals surface area contributed by atoms with Crippen molar-refractivity contribution in [3.63, 3.8) is 0 Å². The van der Waals surface area contributed by atoms with Crippen LogP contribution in [0.25, 0.3) is 11.1 Å². The molecule has 2 aromatic rings. The molecule has 0 amide bonds. The largest absolute Gasteiger partial charge is 0.0716 e. The molecule has 0 spiro atoms. The van der Waals surface area contributed by atoms with E-state index >= 15 is 0 Å². The minimum atomic E-state index is -0.757. The molecular weight excluding hydrogens is 268 g/mol. The molecule has 1 heterocycles. The van der Waals surface area contributed by atoms with Gasteiger partial charge in [-0.15, -0.1) is 0 Å². The molecule has 3 rings (SSSR count). The van der Waals surface area contributed by atoms with E-state index in [1.54, 1.807) is 5.19 Å². The Morgan fingerprint density at radius 3 is 2.29 bits per heavy atom. The van der Waals surface area contributed by atoms with E-state index in [0.29, 0.717) is 0 Å². The van der Waals surface area contributed by atoms with Gasteiger partial charge in [-0.1, -0.05) is 104 Å². The standard InChI is InChI=1S/C20H26Si/c1-2-8-17-13-15-21(16-14-17)20-12-7-6-11-19(20)18-9-4-3-5-10-18/h3-7,9-12,17,21H,2,8,13-16H2,1H3. The van der Waals surface area contributed by atoms with Crippen molar-refractivity contribution in [1.29, 1.82) is 0 Å². The first kappa shape index (κ1) is 14.6. The maximum absolute atomic E-state index is 2.42. The fraction of sp³-hybridized carbons (Fsp3) is 0.400. The summed E-state index contributed by atoms with van der Waals surface area (Å²) in [6.07, 6.45) is 5.76. The molecule has 0 bridgehead atoms. The first-order valence-electron chi connectivity index (χ1n) is 8.53. The van der Waals surface area contributed by atoms with Crippen LogP contribution in [0.3, 0.4) is 0 Å². The van der Waals surface area contributed by atoms with Crippen LogP contribution < -0.4 is 5.19 Å². The number of hydrogen-bond acceptors (Lipinski definition) is 0. The minimum absolute atomic E-state index is 0.757. The molecule has 1 fully saturated rings. The number of rotatable bonds is 4. The fourth-order valence-corrected chi connectivity index (χ4v) is 7.65. The number of hydrogen-bond donors (Lipinski definition) is 0. The van der Waals surface area contributed by atoms with Gasteiger partial charge in [-0.3, -0.25) is 0 Å². The summed E-state index contributed by atoms with van der Waals surface area (Å²) in [6, 6.07) is 23.1. The molecule has 0 N–H and O–H groups in total. The van der Waals surface area contributed by atoms with Gasteiger partial charge in [-0.25, -0.2) is 0 Å². The van der Waals surface area contributed by atoms with Crippen LogP contribution in [0.2, 0.25) is 12.1 Å². The molecule has 110 valence electrons. The smallest absolute Gasteiger partial charge is 0.0654 e. The first-order chi connectivity index (χ1) is 10.4. The molecule has 1 aliphatic heterocycles. The fourth-order valence-electron chi connectivity index (χ4n) is 3.90. The normalized spacial score (nSPS) is 22.1. The van der Waals surface area contributed by atoms with E-state index in [0.717, 1.165) is 5.92 Å². The van der Waals surface area contributed by atoms with Crippen molar-refractivity contribution < 1.29 is 0 Å². The molecule has 0 nitrogen and oxygen atoms in total. The predicted octanol–water partition coefficient (Wildman–Crippen LogP) is 5.00. The quantitative estimate of drug-likeness (QED) is 0.696. The minimum Gasteiger partial charge on any atom is -0.0654 e. The van der Waals surface area contributed by atoms with Crippen LogP contribution in [0.15, 0.2) is 54.6 Å². The lowest BCUT2D eigenvalue weighted by atomic mass is 9.97. The van der Waals surface area contributed by atoms with Gasteiger partial charge in [0, 0.05) is 0 Å². The molecule has 1 aliphatic rings. The summed E-state index contributed by atoms with van der Waals surface area (Å²) in [5.74, 6) is 1.02. The van der Waals surface area contributed by atoms with Gasteiger partial charge in [0.2, 0.25) is 0 Å². The van der Waals surface area contributed by atoms with Crippen LogP contribution in [0, 0.1) is 5.92 Å². The monoisotopic (exact) mass is 294 g/mol. The van der Waals surface area contributed by atoms with E-state index < -0.39 is 8.80 Å². The third-order valence-corrected chi connectivity index (χ3v) is 8.47. The van der Waals surface area contributed by atoms with Gasteiger partial charge in [-0.05, 0) is 17.0 Å². The Morgan fingerprint density at radius 1 is 0.905 bits per heavy atom. The summed E-state index contributed by atoms with van der Waals surface area (Å²) in [5.41, 5.74) is 2.90. The van der Waals surface area contributed by atoms with Gasteiger partial charge in [-0.2, -0.15) is 0 Å². The van der Waals surface area contributed by atoms with Gasteiger partial charge < -0.3 is 0 Å². The van der Waals surface area contributed by atoms with Crippen molar-refractivity contribution in [3.8, 4) is 11.1 Å². The van der Waals surface area contributed by atoms with Gasteiger partial charge in [0.15, 0.2) is 0 Å². The second-order valence-electron chi connectivity index (χ2n) is 6.46. The Balaban J connectivity index is 1.81. The lowest BCUT2D eigenvalue weighted by Gasteiger charge is -2.29. The predicted molar refractivity (Wildman–Crippen MR) is 95.9 cm³/mol. The average molecular weight is 295 g/mol. The van der Waals surface area contributed by atoms with Crippen LogP contribution >= 0.6 is 0 Å². The zero-order valence-corrected chi connectivity index (χ0v) is 14.2. The summed E-state index contributed by atoms with van der Waals surface area (Å²) < 4.78 is 0. The van der Waals surface area contributed by atoms with E-state index in [2.05, 4.69) is 61.5 Å². The molecule has 2 aromatic carbocycles. The second kappa shape index (κ2) is 7.08. The lowest BCUT2D eigenvalue weighted by Crippen LogP contribution is -2.35. The molecular formula is C20H26Si. The summed E-state index contributed by atoms with van der Waals surface area (Å²) in [7, 11) is -0.757. The van der Waals surface area contributed by atoms with Crippen molar-refractivity contribution in [2.75, 3.05) is 0 Å². The Kier molecular flexibility index (Phi) is 4.92. The molecule has 0 aromatic heterocycles. The van der Waals surface area contributed by atoms with E-state index in [9.17, 15) is 0 Å². The SMILES string of the molecule is CCCC1CC[SiH](c2ccccc2-c2ccccc2)CC1. The highest BCUT2D eigenvalue weighted by atomic mass is 28.3. The molecule has 0 saturated carbocycles. The zero-order valence-electron chi connectivity index (χ0n) is 13.1. The Morgan fingerprint density at radius 2 is 1.57 bits per heavy atom. The van der Waals surface area contributed by atoms with E-state index in [1.165, 1.54) is 48.9 Å². The highest BCUT2D eigenvalue weighted by Gasteiger charge is 2.24. The highest BCUT2D eigenvalue weighted by molar-refractivity contribution is 6.74. The molecule has 1 saturated heterocycles. The van der Waals surface area contributed by atoms with Crippen molar-refractivity contribution in [3.05, 3.63) is 54.6 Å². The van der Waals surface area contributed by atoms with Crippen molar-refractivity contribution in [2.45, 2.75) is 44.7 Å². The van der Waals surface area contributed by atoms with Crippen molar-refractivity contribution in [1.82, 2.24) is 0 Å². The summed E-state index contributed by atoms with van der Waals surface area (Å²) in [4.78, 5) is 0. The van der Waals surface area contributed by atoms with Crippen LogP contribution in [0.4, 0.5) is 0 Å². The molecule has 21 heavy (non-hydrogen) atoms. The Labute approximate surface area is 130 Å². The topological polar surface area (TPSA) is 0 Å². The van der Waals surface area contributed by atoms with E-state index in [-0.39, 0.29) is 0 Å². The van der Waals surface area contributed by atoms with Crippen LogP contribution in [0.1, 0.15) is 32.6 Å². The molecule has 0 aliphatic carbocycles. The van der Waals surface area contributed by atoms with Crippen LogP contribution in [0.5, 0.6) is 0 Å². The summed E-state index contributed by atoms with van der Waals surface area (Å²) in [6.45, 7) is 2.33. The summed E-state index contributed by atoms with van der Waals surface area (Å²) in [5, 5.41) is 1.71. The third-order valence-electron chi connectivity index (χ3n) is 5.03. The van der Waals surface area contributed by atoms with E-state index in [4.69, 9.17) is 0 Å². The highest BCUT2D eigenvalue weighted by Crippen LogP contribution is 2.30. The van der Waals surface area contributed by atoms with Crippen molar-refractivity contribution >= 4 is 14.0 Å². The van der Waals surface area contributed by atoms with Gasteiger partial charge in [0.1, 0.15) is 0 Å². The van der Waals surface area contributed by atoms with E-state index in [1.807, 2.05) is 0 Å². The van der Waals surface area contributed by atoms with Crippen LogP contribution in [-0.2, 0) is 0 Å². The Bertz CT molecular complexity index is 553. The zero-order chi connectivity index (χ0) is 14.5. The maximum Gasteiger partial charge on any atom is 0.0716 e. The molecule has 0 atom stereocenters. The van der Waals surface area contributed by atoms with Crippen LogP contribution in [-0.4, -0.2) is 8.80 Å². The maximum atomic E-state index is 2.42. The number of benzene rings is 2. The second-order valence-corrected chi connectivity index (χ2v) is 9.63. The lowest BCUT2D eigenvalue weighted by molar-refractivity contribution is 0.434. The van der Waals surface area contributed by atoms with Crippen molar-refractivity contribution in [2.24, 2.45) is 5.92 Å². The van der Waals surface area contributed by atoms with Gasteiger partial charge in [0.05, 0.1) is 8.80 Å². The van der Waals surface area contributed by atoms with Gasteiger partial charge >= 0.3 is 0 Å². The molecule has 0 radical (unpaired) electrons. The van der Waals surface area contributed by atoms with Gasteiger partial charge in [0.25, 0.3) is 0 Å². The Hall–Kier alpha value is -1.34. The molecule has 0 unspecified atom stereocenters. The average Bonchev–Trinajstić information content (AvgIpc) is 2.57. The first-order valence-corrected chi connectivity index (χ1v) is 10.7. The third kappa shape index (κ3) is 3.46. The molecule has 1 heteroatoms.